The van der Waals surface area contributed by atoms with E-state index in [2.05, 4.69) is 14.7 Å². The molecular formula is C19H17F3N4O2S. The van der Waals surface area contributed by atoms with E-state index in [1.165, 1.54) is 6.07 Å². The van der Waals surface area contributed by atoms with Crippen LogP contribution in [0.2, 0.25) is 0 Å². The lowest BCUT2D eigenvalue weighted by Crippen LogP contribution is -3.01. The summed E-state index contributed by atoms with van der Waals surface area (Å²) in [6, 6.07) is 9.83. The first-order chi connectivity index (χ1) is 14.0. The van der Waals surface area contributed by atoms with E-state index in [9.17, 15) is 18.4 Å². The minimum Gasteiger partial charge on any atom is -0.629 e. The van der Waals surface area contributed by atoms with Gasteiger partial charge in [0.15, 0.2) is 11.6 Å². The van der Waals surface area contributed by atoms with Gasteiger partial charge in [0.2, 0.25) is 0 Å². The third kappa shape index (κ3) is 5.37. The van der Waals surface area contributed by atoms with Gasteiger partial charge in [0, 0.05) is 17.7 Å². The average molecular weight is 422 g/mol. The van der Waals surface area contributed by atoms with Gasteiger partial charge in [-0.15, -0.1) is 0 Å². The van der Waals surface area contributed by atoms with Gasteiger partial charge in [-0.3, -0.25) is 0 Å². The molecule has 0 amide bonds. The summed E-state index contributed by atoms with van der Waals surface area (Å²) in [7, 11) is 0. The highest BCUT2D eigenvalue weighted by atomic mass is 32.2. The summed E-state index contributed by atoms with van der Waals surface area (Å²) < 4.78 is 48.7. The highest BCUT2D eigenvalue weighted by Gasteiger charge is 2.13. The molecule has 152 valence electrons. The fraction of sp³-hybridized carbons (Fsp3) is 0.158. The minimum atomic E-state index is -0.766. The second kappa shape index (κ2) is 9.59. The zero-order chi connectivity index (χ0) is 20.8. The summed E-state index contributed by atoms with van der Waals surface area (Å²) in [5, 5.41) is 12.0. The zero-order valence-corrected chi connectivity index (χ0v) is 16.1. The number of hydrogen-bond acceptors (Lipinski definition) is 6. The van der Waals surface area contributed by atoms with Crippen LogP contribution >= 0.6 is 11.9 Å². The van der Waals surface area contributed by atoms with Crippen LogP contribution in [0, 0.1) is 22.7 Å². The Labute approximate surface area is 169 Å². The average Bonchev–Trinajstić information content (AvgIpc) is 2.72. The molecule has 0 saturated heterocycles. The molecule has 0 radical (unpaired) electrons. The van der Waals surface area contributed by atoms with Crippen molar-refractivity contribution in [2.24, 2.45) is 0 Å². The van der Waals surface area contributed by atoms with Crippen LogP contribution in [0.4, 0.5) is 24.7 Å². The van der Waals surface area contributed by atoms with Crippen molar-refractivity contribution < 1.29 is 23.0 Å². The van der Waals surface area contributed by atoms with Gasteiger partial charge in [0.05, 0.1) is 17.6 Å². The van der Waals surface area contributed by atoms with Crippen LogP contribution in [0.15, 0.2) is 53.6 Å². The first-order valence-corrected chi connectivity index (χ1v) is 9.44. The Morgan fingerprint density at radius 3 is 2.69 bits per heavy atom. The fourth-order valence-electron chi connectivity index (χ4n) is 2.35. The summed E-state index contributed by atoms with van der Waals surface area (Å²) in [5.41, 5.74) is 0.625. The van der Waals surface area contributed by atoms with Gasteiger partial charge in [-0.2, -0.15) is 4.98 Å². The number of hydrogen-bond donors (Lipinski definition) is 2. The molecule has 3 aromatic rings. The molecule has 0 aliphatic rings. The predicted molar refractivity (Wildman–Crippen MR) is 103 cm³/mol. The second-order valence-corrected chi connectivity index (χ2v) is 6.70. The predicted octanol–water partition coefficient (Wildman–Crippen LogP) is 3.63. The van der Waals surface area contributed by atoms with E-state index >= 15 is 0 Å². The van der Waals surface area contributed by atoms with Crippen molar-refractivity contribution in [3.8, 4) is 6.01 Å². The Bertz CT molecular complexity index is 993. The molecule has 10 heteroatoms. The van der Waals surface area contributed by atoms with E-state index in [4.69, 9.17) is 4.74 Å². The van der Waals surface area contributed by atoms with E-state index in [0.717, 1.165) is 30.3 Å². The lowest BCUT2D eigenvalue weighted by atomic mass is 10.2. The summed E-state index contributed by atoms with van der Waals surface area (Å²) in [6.07, 6.45) is 0.912. The van der Waals surface area contributed by atoms with E-state index in [1.807, 2.05) is 0 Å². The van der Waals surface area contributed by atoms with Crippen molar-refractivity contribution in [3.63, 3.8) is 0 Å². The molecule has 1 heterocycles. The molecule has 1 atom stereocenters. The maximum absolute atomic E-state index is 14.0. The molecule has 3 rings (SSSR count). The number of aromatic nitrogens is 2. The maximum Gasteiger partial charge on any atom is 0.318 e. The Hall–Kier alpha value is -2.82. The molecule has 1 unspecified atom stereocenters. The molecule has 1 aromatic heterocycles. The zero-order valence-electron chi connectivity index (χ0n) is 15.3. The van der Waals surface area contributed by atoms with Crippen LogP contribution in [-0.2, 0) is 6.61 Å². The Kier molecular flexibility index (Phi) is 6.91. The minimum absolute atomic E-state index is 0.0385. The molecule has 29 heavy (non-hydrogen) atoms. The number of nitrogens with zero attached hydrogens (tertiary/aromatic N) is 2. The molecule has 0 aliphatic heterocycles. The summed E-state index contributed by atoms with van der Waals surface area (Å²) in [4.78, 5) is 8.25. The lowest BCUT2D eigenvalue weighted by Gasteiger charge is -2.22. The van der Waals surface area contributed by atoms with Gasteiger partial charge in [-0.05, 0) is 37.1 Å². The molecule has 0 bridgehead atoms. The van der Waals surface area contributed by atoms with Crippen LogP contribution in [-0.4, -0.2) is 16.5 Å². The number of anilines is 1. The van der Waals surface area contributed by atoms with Gasteiger partial charge in [0.25, 0.3) is 0 Å². The Balaban J connectivity index is 1.70. The van der Waals surface area contributed by atoms with Crippen molar-refractivity contribution in [2.45, 2.75) is 18.4 Å². The van der Waals surface area contributed by atoms with Gasteiger partial charge in [-0.25, -0.2) is 18.2 Å². The monoisotopic (exact) mass is 422 g/mol. The van der Waals surface area contributed by atoms with Crippen LogP contribution in [0.25, 0.3) is 0 Å². The number of halogens is 3. The number of nitrogens with one attached hydrogen (secondary N) is 2. The number of hydroxylamine groups is 1. The molecule has 2 aromatic carbocycles. The quantitative estimate of drug-likeness (QED) is 0.427. The van der Waals surface area contributed by atoms with Crippen LogP contribution in [0.3, 0.4) is 0 Å². The SMILES string of the molecule is CC[NH+]([O-])c1ccccc1SNc1nc(OCc2ccc(F)cc2F)ncc1F. The van der Waals surface area contributed by atoms with Gasteiger partial charge in [0.1, 0.15) is 23.9 Å². The van der Waals surface area contributed by atoms with Gasteiger partial charge < -0.3 is 19.7 Å². The summed E-state index contributed by atoms with van der Waals surface area (Å²) in [6.45, 7) is 1.85. The molecule has 0 spiro atoms. The Morgan fingerprint density at radius 2 is 1.93 bits per heavy atom. The van der Waals surface area contributed by atoms with Crippen molar-refractivity contribution in [1.29, 1.82) is 0 Å². The van der Waals surface area contributed by atoms with Crippen LogP contribution < -0.4 is 14.5 Å². The molecular weight excluding hydrogens is 405 g/mol. The van der Waals surface area contributed by atoms with E-state index in [0.29, 0.717) is 17.1 Å². The van der Waals surface area contributed by atoms with Crippen molar-refractivity contribution in [2.75, 3.05) is 11.3 Å². The normalized spacial score (nSPS) is 11.9. The third-order valence-electron chi connectivity index (χ3n) is 3.86. The number of benzene rings is 2. The molecule has 2 N–H and O–H groups in total. The summed E-state index contributed by atoms with van der Waals surface area (Å²) in [5.74, 6) is -2.34. The Morgan fingerprint density at radius 1 is 1.14 bits per heavy atom. The van der Waals surface area contributed by atoms with Crippen molar-refractivity contribution in [3.05, 3.63) is 76.9 Å². The van der Waals surface area contributed by atoms with Crippen LogP contribution in [0.1, 0.15) is 12.5 Å². The number of rotatable bonds is 8. The lowest BCUT2D eigenvalue weighted by molar-refractivity contribution is -0.775. The summed E-state index contributed by atoms with van der Waals surface area (Å²) >= 11 is 1.03. The first kappa shape index (κ1) is 20.9. The third-order valence-corrected chi connectivity index (χ3v) is 4.73. The van der Waals surface area contributed by atoms with Crippen molar-refractivity contribution in [1.82, 2.24) is 9.97 Å². The largest absolute Gasteiger partial charge is 0.629 e. The second-order valence-electron chi connectivity index (χ2n) is 5.85. The smallest absolute Gasteiger partial charge is 0.318 e. The highest BCUT2D eigenvalue weighted by molar-refractivity contribution is 8.00. The molecule has 0 aliphatic carbocycles. The van der Waals surface area contributed by atoms with Gasteiger partial charge in [-0.1, -0.05) is 12.1 Å². The molecule has 6 nitrogen and oxygen atoms in total. The van der Waals surface area contributed by atoms with Crippen molar-refractivity contribution >= 4 is 23.5 Å². The number of quaternary nitrogens is 1. The molecule has 0 fully saturated rings. The van der Waals surface area contributed by atoms with E-state index < -0.39 is 17.5 Å². The van der Waals surface area contributed by atoms with E-state index in [-0.39, 0.29) is 29.1 Å². The highest BCUT2D eigenvalue weighted by Crippen LogP contribution is 2.27. The number of ether oxygens (including phenoxy) is 1. The number of para-hydroxylation sites is 1. The van der Waals surface area contributed by atoms with Gasteiger partial charge >= 0.3 is 6.01 Å². The fourth-order valence-corrected chi connectivity index (χ4v) is 3.14. The first-order valence-electron chi connectivity index (χ1n) is 8.62. The standard InChI is InChI=1S/C19H17F3N4O2S/c1-2-26(27)16-5-3-4-6-17(16)29-25-18-15(22)10-23-19(24-18)28-11-12-7-8-13(20)9-14(12)21/h3-10,26H,2,11H2,1H3,(H,23,24,25). The maximum atomic E-state index is 14.0. The topological polar surface area (TPSA) is 74.5 Å². The van der Waals surface area contributed by atoms with Crippen LogP contribution in [0.5, 0.6) is 6.01 Å². The molecule has 0 saturated carbocycles. The van der Waals surface area contributed by atoms with E-state index in [1.54, 1.807) is 31.2 Å².